The largest absolute Gasteiger partial charge is 0.396 e. The van der Waals surface area contributed by atoms with Crippen molar-refractivity contribution in [3.8, 4) is 0 Å². The smallest absolute Gasteiger partial charge is 0.0434 e. The standard InChI is InChI=1S/C16H24N2O/c1-4-13-11(2)9-17-15(13)8-16-14(6-5-7-19)12(3)10-18-16/h9-10,17-19H,4-8H2,1-3H3. The van der Waals surface area contributed by atoms with Gasteiger partial charge in [-0.15, -0.1) is 0 Å². The Morgan fingerprint density at radius 1 is 1.00 bits per heavy atom. The predicted octanol–water partition coefficient (Wildman–Crippen LogP) is 3.04. The third-order valence-corrected chi connectivity index (χ3v) is 3.90. The van der Waals surface area contributed by atoms with E-state index in [0.29, 0.717) is 0 Å². The van der Waals surface area contributed by atoms with Gasteiger partial charge in [-0.2, -0.15) is 0 Å². The van der Waals surface area contributed by atoms with Gasteiger partial charge < -0.3 is 15.1 Å². The van der Waals surface area contributed by atoms with E-state index in [1.165, 1.54) is 33.6 Å². The molecule has 0 radical (unpaired) electrons. The molecule has 3 nitrogen and oxygen atoms in total. The number of aryl methyl sites for hydroxylation is 2. The van der Waals surface area contributed by atoms with Crippen molar-refractivity contribution in [2.75, 3.05) is 6.61 Å². The normalized spacial score (nSPS) is 11.2. The first-order valence-corrected chi connectivity index (χ1v) is 7.09. The lowest BCUT2D eigenvalue weighted by atomic mass is 10.0. The maximum atomic E-state index is 9.01. The van der Waals surface area contributed by atoms with Gasteiger partial charge in [0.05, 0.1) is 0 Å². The van der Waals surface area contributed by atoms with Crippen LogP contribution in [0.1, 0.15) is 47.0 Å². The highest BCUT2D eigenvalue weighted by Crippen LogP contribution is 2.22. The fourth-order valence-corrected chi connectivity index (χ4v) is 2.80. The Balaban J connectivity index is 2.23. The average Bonchev–Trinajstić information content (AvgIpc) is 2.92. The lowest BCUT2D eigenvalue weighted by Crippen LogP contribution is -1.99. The second kappa shape index (κ2) is 6.11. The molecule has 0 aliphatic rings. The third-order valence-electron chi connectivity index (χ3n) is 3.90. The number of aliphatic hydroxyl groups is 1. The van der Waals surface area contributed by atoms with Crippen molar-refractivity contribution in [1.82, 2.24) is 9.97 Å². The van der Waals surface area contributed by atoms with Crippen LogP contribution < -0.4 is 0 Å². The number of hydrogen-bond donors (Lipinski definition) is 3. The highest BCUT2D eigenvalue weighted by atomic mass is 16.2. The molecule has 3 heteroatoms. The first-order chi connectivity index (χ1) is 9.17. The van der Waals surface area contributed by atoms with Crippen molar-refractivity contribution >= 4 is 0 Å². The van der Waals surface area contributed by atoms with Crippen molar-refractivity contribution in [3.63, 3.8) is 0 Å². The van der Waals surface area contributed by atoms with E-state index in [1.54, 1.807) is 0 Å². The monoisotopic (exact) mass is 260 g/mol. The minimum atomic E-state index is 0.256. The molecule has 0 saturated heterocycles. The molecule has 2 aromatic rings. The number of aliphatic hydroxyl groups excluding tert-OH is 1. The molecule has 0 saturated carbocycles. The van der Waals surface area contributed by atoms with Gasteiger partial charge in [0.15, 0.2) is 0 Å². The molecule has 0 bridgehead atoms. The highest BCUT2D eigenvalue weighted by molar-refractivity contribution is 5.37. The molecule has 0 aliphatic heterocycles. The Kier molecular flexibility index (Phi) is 4.48. The second-order valence-electron chi connectivity index (χ2n) is 5.22. The number of aromatic nitrogens is 2. The Hall–Kier alpha value is -1.48. The summed E-state index contributed by atoms with van der Waals surface area (Å²) < 4.78 is 0. The van der Waals surface area contributed by atoms with Gasteiger partial charge in [-0.25, -0.2) is 0 Å². The van der Waals surface area contributed by atoms with Gasteiger partial charge in [0, 0.05) is 36.8 Å². The van der Waals surface area contributed by atoms with Crippen LogP contribution in [-0.4, -0.2) is 21.7 Å². The summed E-state index contributed by atoms with van der Waals surface area (Å²) >= 11 is 0. The van der Waals surface area contributed by atoms with Crippen molar-refractivity contribution in [3.05, 3.63) is 46.0 Å². The summed E-state index contributed by atoms with van der Waals surface area (Å²) in [5.41, 5.74) is 8.03. The molecule has 0 atom stereocenters. The summed E-state index contributed by atoms with van der Waals surface area (Å²) in [6, 6.07) is 0. The fourth-order valence-electron chi connectivity index (χ4n) is 2.80. The highest BCUT2D eigenvalue weighted by Gasteiger charge is 2.12. The topological polar surface area (TPSA) is 51.8 Å². The van der Waals surface area contributed by atoms with E-state index in [0.717, 1.165) is 25.7 Å². The van der Waals surface area contributed by atoms with Crippen LogP contribution in [0.2, 0.25) is 0 Å². The third kappa shape index (κ3) is 2.92. The molecule has 2 rings (SSSR count). The van der Waals surface area contributed by atoms with E-state index in [9.17, 15) is 0 Å². The molecule has 0 aromatic carbocycles. The van der Waals surface area contributed by atoms with Crippen molar-refractivity contribution in [2.24, 2.45) is 0 Å². The zero-order chi connectivity index (χ0) is 13.8. The molecule has 104 valence electrons. The fraction of sp³-hybridized carbons (Fsp3) is 0.500. The Labute approximate surface area is 115 Å². The Morgan fingerprint density at radius 2 is 1.58 bits per heavy atom. The minimum Gasteiger partial charge on any atom is -0.396 e. The van der Waals surface area contributed by atoms with E-state index in [-0.39, 0.29) is 6.61 Å². The number of H-pyrrole nitrogens is 2. The predicted molar refractivity (Wildman–Crippen MR) is 78.7 cm³/mol. The Morgan fingerprint density at radius 3 is 2.16 bits per heavy atom. The zero-order valence-corrected chi connectivity index (χ0v) is 12.1. The molecule has 0 unspecified atom stereocenters. The van der Waals surface area contributed by atoms with Crippen LogP contribution in [0.4, 0.5) is 0 Å². The maximum absolute atomic E-state index is 9.01. The van der Waals surface area contributed by atoms with Crippen LogP contribution in [0.3, 0.4) is 0 Å². The van der Waals surface area contributed by atoms with E-state index < -0.39 is 0 Å². The van der Waals surface area contributed by atoms with Crippen LogP contribution in [-0.2, 0) is 19.3 Å². The van der Waals surface area contributed by atoms with Gasteiger partial charge in [0.1, 0.15) is 0 Å². The second-order valence-corrected chi connectivity index (χ2v) is 5.22. The quantitative estimate of drug-likeness (QED) is 0.734. The summed E-state index contributed by atoms with van der Waals surface area (Å²) in [5, 5.41) is 9.01. The van der Waals surface area contributed by atoms with E-state index in [2.05, 4.69) is 43.1 Å². The number of aromatic amines is 2. The van der Waals surface area contributed by atoms with Crippen molar-refractivity contribution in [1.29, 1.82) is 0 Å². The van der Waals surface area contributed by atoms with Gasteiger partial charge >= 0.3 is 0 Å². The first kappa shape index (κ1) is 13.9. The minimum absolute atomic E-state index is 0.256. The maximum Gasteiger partial charge on any atom is 0.0434 e. The van der Waals surface area contributed by atoms with E-state index in [1.807, 2.05) is 0 Å². The zero-order valence-electron chi connectivity index (χ0n) is 12.1. The van der Waals surface area contributed by atoms with Gasteiger partial charge in [-0.3, -0.25) is 0 Å². The van der Waals surface area contributed by atoms with Gasteiger partial charge in [0.25, 0.3) is 0 Å². The van der Waals surface area contributed by atoms with Gasteiger partial charge in [0.2, 0.25) is 0 Å². The molecule has 3 N–H and O–H groups in total. The molecule has 0 aliphatic carbocycles. The Bertz CT molecular complexity index is 537. The number of nitrogens with one attached hydrogen (secondary N) is 2. The lowest BCUT2D eigenvalue weighted by Gasteiger charge is -2.06. The molecular weight excluding hydrogens is 236 g/mol. The summed E-state index contributed by atoms with van der Waals surface area (Å²) in [6.45, 7) is 6.75. The van der Waals surface area contributed by atoms with Gasteiger partial charge in [-0.1, -0.05) is 6.92 Å². The van der Waals surface area contributed by atoms with Crippen LogP contribution in [0.25, 0.3) is 0 Å². The molecule has 0 fully saturated rings. The van der Waals surface area contributed by atoms with Crippen LogP contribution in [0.15, 0.2) is 12.4 Å². The van der Waals surface area contributed by atoms with Crippen LogP contribution >= 0.6 is 0 Å². The van der Waals surface area contributed by atoms with E-state index >= 15 is 0 Å². The van der Waals surface area contributed by atoms with Crippen LogP contribution in [0.5, 0.6) is 0 Å². The summed E-state index contributed by atoms with van der Waals surface area (Å²) in [7, 11) is 0. The molecule has 2 aromatic heterocycles. The summed E-state index contributed by atoms with van der Waals surface area (Å²) in [4.78, 5) is 6.79. The van der Waals surface area contributed by atoms with Gasteiger partial charge in [-0.05, 0) is 55.4 Å². The summed E-state index contributed by atoms with van der Waals surface area (Å²) in [6.07, 6.45) is 7.93. The number of rotatable bonds is 6. The van der Waals surface area contributed by atoms with Crippen molar-refractivity contribution < 1.29 is 5.11 Å². The average molecular weight is 260 g/mol. The molecule has 0 spiro atoms. The SMILES string of the molecule is CCc1c(C)c[nH]c1Cc1[nH]cc(C)c1CCCO. The summed E-state index contributed by atoms with van der Waals surface area (Å²) in [5.74, 6) is 0. The van der Waals surface area contributed by atoms with Crippen LogP contribution in [0, 0.1) is 13.8 Å². The molecular formula is C16H24N2O. The first-order valence-electron chi connectivity index (χ1n) is 7.09. The van der Waals surface area contributed by atoms with E-state index in [4.69, 9.17) is 5.11 Å². The molecule has 19 heavy (non-hydrogen) atoms. The lowest BCUT2D eigenvalue weighted by molar-refractivity contribution is 0.288. The number of hydrogen-bond acceptors (Lipinski definition) is 1. The van der Waals surface area contributed by atoms with Crippen molar-refractivity contribution in [2.45, 2.75) is 46.5 Å². The molecule has 0 amide bonds. The molecule has 2 heterocycles.